The van der Waals surface area contributed by atoms with Crippen LogP contribution < -0.4 is 0 Å². The first-order valence-electron chi connectivity index (χ1n) is 7.06. The second kappa shape index (κ2) is 12.8. The van der Waals surface area contributed by atoms with Gasteiger partial charge in [0.2, 0.25) is 0 Å². The Morgan fingerprint density at radius 1 is 0.947 bits per heavy atom. The molecule has 0 aromatic heterocycles. The molecule has 0 saturated heterocycles. The van der Waals surface area contributed by atoms with Crippen LogP contribution in [0.3, 0.4) is 0 Å². The van der Waals surface area contributed by atoms with Crippen LogP contribution in [0.1, 0.15) is 20.8 Å². The molecule has 0 aliphatic carbocycles. The molecule has 0 aromatic rings. The molecule has 0 saturated carbocycles. The molecular weight excluding hydrogens is 246 g/mol. The zero-order valence-electron chi connectivity index (χ0n) is 13.2. The average Bonchev–Trinajstić information content (AvgIpc) is 2.40. The second-order valence-corrected chi connectivity index (χ2v) is 4.72. The third-order valence-electron chi connectivity index (χ3n) is 2.82. The summed E-state index contributed by atoms with van der Waals surface area (Å²) in [7, 11) is 3.44. The molecule has 0 rings (SSSR count). The van der Waals surface area contributed by atoms with E-state index in [9.17, 15) is 0 Å². The zero-order chi connectivity index (χ0) is 14.5. The third kappa shape index (κ3) is 10.3. The first-order chi connectivity index (χ1) is 9.15. The number of nitrogens with zero attached hydrogens (tertiary/aromatic N) is 1. The smallest absolute Gasteiger partial charge is 0.0647 e. The first-order valence-corrected chi connectivity index (χ1v) is 7.06. The van der Waals surface area contributed by atoms with Crippen molar-refractivity contribution in [3.63, 3.8) is 0 Å². The molecular formula is C14H31NO4. The lowest BCUT2D eigenvalue weighted by Gasteiger charge is -2.31. The van der Waals surface area contributed by atoms with E-state index < -0.39 is 0 Å². The number of hydrogen-bond donors (Lipinski definition) is 0. The van der Waals surface area contributed by atoms with Crippen molar-refractivity contribution in [2.45, 2.75) is 32.9 Å². The molecule has 5 heteroatoms. The van der Waals surface area contributed by atoms with Crippen LogP contribution in [0.5, 0.6) is 0 Å². The van der Waals surface area contributed by atoms with Crippen LogP contribution in [0.15, 0.2) is 0 Å². The van der Waals surface area contributed by atoms with Crippen LogP contribution in [0.25, 0.3) is 0 Å². The largest absolute Gasteiger partial charge is 0.383 e. The van der Waals surface area contributed by atoms with Crippen LogP contribution in [0.2, 0.25) is 0 Å². The minimum atomic E-state index is 0.232. The highest BCUT2D eigenvalue weighted by Crippen LogP contribution is 2.04. The van der Waals surface area contributed by atoms with Crippen molar-refractivity contribution in [3.8, 4) is 0 Å². The highest BCUT2D eigenvalue weighted by Gasteiger charge is 2.19. The predicted molar refractivity (Wildman–Crippen MR) is 76.7 cm³/mol. The van der Waals surface area contributed by atoms with E-state index in [1.165, 1.54) is 0 Å². The summed E-state index contributed by atoms with van der Waals surface area (Å²) >= 11 is 0. The molecule has 1 unspecified atom stereocenters. The minimum Gasteiger partial charge on any atom is -0.383 e. The molecule has 0 radical (unpaired) electrons. The molecule has 116 valence electrons. The van der Waals surface area contributed by atoms with E-state index in [0.717, 1.165) is 19.7 Å². The van der Waals surface area contributed by atoms with Crippen molar-refractivity contribution in [1.82, 2.24) is 4.90 Å². The topological polar surface area (TPSA) is 40.2 Å². The summed E-state index contributed by atoms with van der Waals surface area (Å²) in [5.41, 5.74) is 0. The maximum atomic E-state index is 5.74. The third-order valence-corrected chi connectivity index (χ3v) is 2.82. The fraction of sp³-hybridized carbons (Fsp3) is 1.00. The summed E-state index contributed by atoms with van der Waals surface area (Å²) < 4.78 is 21.6. The Hall–Kier alpha value is -0.200. The van der Waals surface area contributed by atoms with E-state index in [1.807, 2.05) is 20.8 Å². The van der Waals surface area contributed by atoms with Crippen LogP contribution >= 0.6 is 0 Å². The van der Waals surface area contributed by atoms with Gasteiger partial charge in [-0.1, -0.05) is 0 Å². The summed E-state index contributed by atoms with van der Waals surface area (Å²) in [6.07, 6.45) is 0.232. The Balaban J connectivity index is 4.38. The second-order valence-electron chi connectivity index (χ2n) is 4.72. The van der Waals surface area contributed by atoms with E-state index >= 15 is 0 Å². The molecule has 0 bridgehead atoms. The standard InChI is InChI=1S/C14H31NO4/c1-6-18-11-14(12-19-13(2)3)15(7-9-16-4)8-10-17-5/h13-14H,6-12H2,1-5H3. The Bertz CT molecular complexity index is 182. The molecule has 0 spiro atoms. The van der Waals surface area contributed by atoms with E-state index in [1.54, 1.807) is 14.2 Å². The molecule has 19 heavy (non-hydrogen) atoms. The summed E-state index contributed by atoms with van der Waals surface area (Å²) in [6.45, 7) is 11.3. The summed E-state index contributed by atoms with van der Waals surface area (Å²) in [5, 5.41) is 0. The SMILES string of the molecule is CCOCC(COC(C)C)N(CCOC)CCOC. The normalized spacial score (nSPS) is 13.4. The average molecular weight is 277 g/mol. The van der Waals surface area contributed by atoms with Gasteiger partial charge in [-0.05, 0) is 20.8 Å². The molecule has 5 nitrogen and oxygen atoms in total. The van der Waals surface area contributed by atoms with Gasteiger partial charge in [0.05, 0.1) is 38.6 Å². The lowest BCUT2D eigenvalue weighted by atomic mass is 10.2. The molecule has 0 heterocycles. The number of ether oxygens (including phenoxy) is 4. The van der Waals surface area contributed by atoms with Crippen molar-refractivity contribution >= 4 is 0 Å². The molecule has 0 aliphatic heterocycles. The molecule has 0 aliphatic rings. The monoisotopic (exact) mass is 277 g/mol. The van der Waals surface area contributed by atoms with Gasteiger partial charge in [-0.2, -0.15) is 0 Å². The molecule has 0 fully saturated rings. The van der Waals surface area contributed by atoms with Crippen LogP contribution in [0, 0.1) is 0 Å². The summed E-state index contributed by atoms with van der Waals surface area (Å²) in [4.78, 5) is 2.31. The van der Waals surface area contributed by atoms with Crippen molar-refractivity contribution in [1.29, 1.82) is 0 Å². The molecule has 0 amide bonds. The lowest BCUT2D eigenvalue weighted by Crippen LogP contribution is -2.45. The van der Waals surface area contributed by atoms with Gasteiger partial charge in [-0.15, -0.1) is 0 Å². The Morgan fingerprint density at radius 2 is 1.53 bits per heavy atom. The fourth-order valence-corrected chi connectivity index (χ4v) is 1.71. The van der Waals surface area contributed by atoms with E-state index in [4.69, 9.17) is 18.9 Å². The lowest BCUT2D eigenvalue weighted by molar-refractivity contribution is -0.0237. The van der Waals surface area contributed by atoms with Gasteiger partial charge in [0.15, 0.2) is 0 Å². The van der Waals surface area contributed by atoms with Gasteiger partial charge in [0.1, 0.15) is 0 Å². The van der Waals surface area contributed by atoms with Crippen LogP contribution in [0.4, 0.5) is 0 Å². The molecule has 1 atom stereocenters. The molecule has 0 N–H and O–H groups in total. The van der Waals surface area contributed by atoms with Gasteiger partial charge in [0.25, 0.3) is 0 Å². The van der Waals surface area contributed by atoms with Gasteiger partial charge in [-0.25, -0.2) is 0 Å². The predicted octanol–water partition coefficient (Wildman–Crippen LogP) is 1.41. The van der Waals surface area contributed by atoms with Gasteiger partial charge < -0.3 is 18.9 Å². The summed E-state index contributed by atoms with van der Waals surface area (Å²) in [6, 6.07) is 0.243. The van der Waals surface area contributed by atoms with Gasteiger partial charge in [0, 0.05) is 33.9 Å². The fourth-order valence-electron chi connectivity index (χ4n) is 1.71. The summed E-state index contributed by atoms with van der Waals surface area (Å²) in [5.74, 6) is 0. The maximum Gasteiger partial charge on any atom is 0.0647 e. The van der Waals surface area contributed by atoms with E-state index in [0.29, 0.717) is 26.4 Å². The number of methoxy groups -OCH3 is 2. The van der Waals surface area contributed by atoms with E-state index in [-0.39, 0.29) is 12.1 Å². The highest BCUT2D eigenvalue weighted by atomic mass is 16.5. The van der Waals surface area contributed by atoms with Gasteiger partial charge >= 0.3 is 0 Å². The van der Waals surface area contributed by atoms with Crippen LogP contribution in [-0.4, -0.2) is 77.4 Å². The van der Waals surface area contributed by atoms with Crippen molar-refractivity contribution in [2.75, 3.05) is 60.3 Å². The van der Waals surface area contributed by atoms with Gasteiger partial charge in [-0.3, -0.25) is 4.90 Å². The minimum absolute atomic E-state index is 0.232. The first kappa shape index (κ1) is 18.8. The zero-order valence-corrected chi connectivity index (χ0v) is 13.2. The highest BCUT2D eigenvalue weighted by molar-refractivity contribution is 4.72. The number of rotatable bonds is 13. The Labute approximate surface area is 118 Å². The Kier molecular flexibility index (Phi) is 12.7. The molecule has 0 aromatic carbocycles. The van der Waals surface area contributed by atoms with Crippen molar-refractivity contribution in [3.05, 3.63) is 0 Å². The number of hydrogen-bond acceptors (Lipinski definition) is 5. The van der Waals surface area contributed by atoms with Crippen LogP contribution in [-0.2, 0) is 18.9 Å². The maximum absolute atomic E-state index is 5.74. The quantitative estimate of drug-likeness (QED) is 0.509. The van der Waals surface area contributed by atoms with E-state index in [2.05, 4.69) is 4.90 Å². The Morgan fingerprint density at radius 3 is 1.95 bits per heavy atom. The van der Waals surface area contributed by atoms with Crippen molar-refractivity contribution in [2.24, 2.45) is 0 Å². The van der Waals surface area contributed by atoms with Crippen molar-refractivity contribution < 1.29 is 18.9 Å².